The second kappa shape index (κ2) is 3.96. The zero-order valence-electron chi connectivity index (χ0n) is 11.2. The zero-order chi connectivity index (χ0) is 14.0. The van der Waals surface area contributed by atoms with Crippen LogP contribution in [0.4, 0.5) is 0 Å². The van der Waals surface area contributed by atoms with Crippen LogP contribution in [0.3, 0.4) is 0 Å². The first-order valence-corrected chi connectivity index (χ1v) is 7.87. The summed E-state index contributed by atoms with van der Waals surface area (Å²) in [4.78, 5) is 0. The number of hydrogen-bond acceptors (Lipinski definition) is 0. The van der Waals surface area contributed by atoms with Crippen molar-refractivity contribution in [2.24, 2.45) is 0 Å². The summed E-state index contributed by atoms with van der Waals surface area (Å²) in [6, 6.07) is 24.1. The molecule has 0 unspecified atom stereocenters. The third-order valence-corrected chi connectivity index (χ3v) is 5.17. The van der Waals surface area contributed by atoms with Gasteiger partial charge in [-0.2, -0.15) is 0 Å². The maximum Gasteiger partial charge on any atom is 0.0254 e. The number of benzene rings is 4. The van der Waals surface area contributed by atoms with Gasteiger partial charge in [0.05, 0.1) is 0 Å². The molecule has 0 heterocycles. The second-order valence-electron chi connectivity index (χ2n) is 5.53. The van der Waals surface area contributed by atoms with Crippen molar-refractivity contribution >= 4 is 37.5 Å². The third-order valence-electron chi connectivity index (χ3n) is 4.48. The highest BCUT2D eigenvalue weighted by molar-refractivity contribution is 9.10. The first-order valence-electron chi connectivity index (χ1n) is 7.08. The van der Waals surface area contributed by atoms with E-state index in [0.717, 1.165) is 0 Å². The van der Waals surface area contributed by atoms with Crippen molar-refractivity contribution in [2.45, 2.75) is 0 Å². The average Bonchev–Trinajstić information content (AvgIpc) is 2.87. The summed E-state index contributed by atoms with van der Waals surface area (Å²) in [6.45, 7) is 0. The Kier molecular flexibility index (Phi) is 2.17. The molecule has 0 atom stereocenters. The van der Waals surface area contributed by atoms with E-state index in [0.29, 0.717) is 0 Å². The Morgan fingerprint density at radius 3 is 2.33 bits per heavy atom. The van der Waals surface area contributed by atoms with E-state index < -0.39 is 0 Å². The highest BCUT2D eigenvalue weighted by atomic mass is 79.9. The first-order chi connectivity index (χ1) is 10.3. The predicted octanol–water partition coefficient (Wildman–Crippen LogP) is 6.40. The van der Waals surface area contributed by atoms with E-state index in [2.05, 4.69) is 82.7 Å². The summed E-state index contributed by atoms with van der Waals surface area (Å²) < 4.78 is 1.17. The predicted molar refractivity (Wildman–Crippen MR) is 93.6 cm³/mol. The van der Waals surface area contributed by atoms with Gasteiger partial charge in [0.15, 0.2) is 0 Å². The van der Waals surface area contributed by atoms with Gasteiger partial charge < -0.3 is 0 Å². The Hall–Kier alpha value is -2.12. The summed E-state index contributed by atoms with van der Waals surface area (Å²) in [5.41, 5.74) is 5.44. The molecule has 1 aliphatic carbocycles. The molecular weight excluding hydrogens is 320 g/mol. The van der Waals surface area contributed by atoms with Crippen molar-refractivity contribution in [2.75, 3.05) is 0 Å². The summed E-state index contributed by atoms with van der Waals surface area (Å²) in [5.74, 6) is 0. The summed E-state index contributed by atoms with van der Waals surface area (Å²) >= 11 is 3.69. The van der Waals surface area contributed by atoms with Gasteiger partial charge in [-0.15, -0.1) is 0 Å². The minimum absolute atomic E-state index is 1.17. The molecule has 0 nitrogen and oxygen atoms in total. The monoisotopic (exact) mass is 330 g/mol. The minimum Gasteiger partial charge on any atom is -0.0616 e. The standard InChI is InChI=1S/C20H11Br/c21-18-11-10-15-14-9-8-12-4-1-2-5-13(12)19(14)17-7-3-6-16(18)20(15)17/h1-11H. The Balaban J connectivity index is 2.07. The lowest BCUT2D eigenvalue weighted by molar-refractivity contribution is 1.72. The fourth-order valence-corrected chi connectivity index (χ4v) is 4.05. The Bertz CT molecular complexity index is 1040. The number of halogens is 1. The fraction of sp³-hybridized carbons (Fsp3) is 0. The van der Waals surface area contributed by atoms with Gasteiger partial charge in [0.2, 0.25) is 0 Å². The van der Waals surface area contributed by atoms with E-state index >= 15 is 0 Å². The SMILES string of the molecule is Brc1ccc2c3c(cccc13)-c1c-2ccc2ccccc12. The highest BCUT2D eigenvalue weighted by Gasteiger charge is 2.23. The van der Waals surface area contributed by atoms with Gasteiger partial charge in [-0.1, -0.05) is 76.6 Å². The molecule has 21 heavy (non-hydrogen) atoms. The van der Waals surface area contributed by atoms with E-state index in [1.807, 2.05) is 0 Å². The van der Waals surface area contributed by atoms with Crippen molar-refractivity contribution in [3.05, 3.63) is 71.2 Å². The van der Waals surface area contributed by atoms with Crippen molar-refractivity contribution < 1.29 is 0 Å². The minimum atomic E-state index is 1.17. The van der Waals surface area contributed by atoms with E-state index in [4.69, 9.17) is 0 Å². The lowest BCUT2D eigenvalue weighted by Gasteiger charge is -2.06. The summed E-state index contributed by atoms with van der Waals surface area (Å²) in [7, 11) is 0. The van der Waals surface area contributed by atoms with Gasteiger partial charge in [-0.3, -0.25) is 0 Å². The van der Waals surface area contributed by atoms with Crippen LogP contribution in [-0.4, -0.2) is 0 Å². The molecule has 98 valence electrons. The van der Waals surface area contributed by atoms with Crippen LogP contribution < -0.4 is 0 Å². The smallest absolute Gasteiger partial charge is 0.0254 e. The van der Waals surface area contributed by atoms with Crippen molar-refractivity contribution in [3.63, 3.8) is 0 Å². The molecule has 0 saturated heterocycles. The molecule has 0 saturated carbocycles. The number of rotatable bonds is 0. The molecule has 4 aromatic carbocycles. The maximum atomic E-state index is 3.69. The van der Waals surface area contributed by atoms with Crippen LogP contribution in [0.25, 0.3) is 43.8 Å². The Labute approximate surface area is 131 Å². The van der Waals surface area contributed by atoms with Crippen molar-refractivity contribution in [1.82, 2.24) is 0 Å². The Morgan fingerprint density at radius 2 is 1.38 bits per heavy atom. The molecule has 0 amide bonds. The lowest BCUT2D eigenvalue weighted by atomic mass is 9.97. The highest BCUT2D eigenvalue weighted by Crippen LogP contribution is 2.50. The van der Waals surface area contributed by atoms with Gasteiger partial charge in [0, 0.05) is 4.47 Å². The van der Waals surface area contributed by atoms with Crippen LogP contribution in [0, 0.1) is 0 Å². The topological polar surface area (TPSA) is 0 Å². The van der Waals surface area contributed by atoms with Gasteiger partial charge in [-0.05, 0) is 49.9 Å². The normalized spacial score (nSPS) is 12.0. The lowest BCUT2D eigenvalue weighted by Crippen LogP contribution is -1.80. The fourth-order valence-electron chi connectivity index (χ4n) is 3.59. The summed E-state index contributed by atoms with van der Waals surface area (Å²) in [6.07, 6.45) is 0. The molecule has 0 fully saturated rings. The molecular formula is C20H11Br. The van der Waals surface area contributed by atoms with Crippen LogP contribution in [0.15, 0.2) is 71.2 Å². The molecule has 1 heteroatoms. The van der Waals surface area contributed by atoms with Crippen LogP contribution in [-0.2, 0) is 0 Å². The van der Waals surface area contributed by atoms with E-state index in [1.165, 1.54) is 48.3 Å². The van der Waals surface area contributed by atoms with Crippen LogP contribution in [0.1, 0.15) is 0 Å². The molecule has 1 aliphatic rings. The molecule has 0 aliphatic heterocycles. The van der Waals surface area contributed by atoms with Crippen LogP contribution in [0.5, 0.6) is 0 Å². The first kappa shape index (κ1) is 11.5. The molecule has 0 aromatic heterocycles. The van der Waals surface area contributed by atoms with Crippen LogP contribution in [0.2, 0.25) is 0 Å². The molecule has 5 rings (SSSR count). The van der Waals surface area contributed by atoms with E-state index in [-0.39, 0.29) is 0 Å². The van der Waals surface area contributed by atoms with Crippen molar-refractivity contribution in [1.29, 1.82) is 0 Å². The van der Waals surface area contributed by atoms with Crippen LogP contribution >= 0.6 is 15.9 Å². The number of hydrogen-bond donors (Lipinski definition) is 0. The molecule has 4 aromatic rings. The quantitative estimate of drug-likeness (QED) is 0.308. The van der Waals surface area contributed by atoms with Crippen molar-refractivity contribution in [3.8, 4) is 22.3 Å². The van der Waals surface area contributed by atoms with E-state index in [1.54, 1.807) is 0 Å². The van der Waals surface area contributed by atoms with Gasteiger partial charge in [0.1, 0.15) is 0 Å². The van der Waals surface area contributed by atoms with Gasteiger partial charge >= 0.3 is 0 Å². The largest absolute Gasteiger partial charge is 0.0616 e. The second-order valence-corrected chi connectivity index (χ2v) is 6.39. The van der Waals surface area contributed by atoms with Gasteiger partial charge in [-0.25, -0.2) is 0 Å². The molecule has 0 radical (unpaired) electrons. The maximum absolute atomic E-state index is 3.69. The Morgan fingerprint density at radius 1 is 0.571 bits per heavy atom. The summed E-state index contributed by atoms with van der Waals surface area (Å²) in [5, 5.41) is 5.32. The average molecular weight is 331 g/mol. The van der Waals surface area contributed by atoms with Gasteiger partial charge in [0.25, 0.3) is 0 Å². The van der Waals surface area contributed by atoms with E-state index in [9.17, 15) is 0 Å². The molecule has 0 spiro atoms. The third kappa shape index (κ3) is 1.39. The zero-order valence-corrected chi connectivity index (χ0v) is 12.8. The molecule has 0 bridgehead atoms. The molecule has 0 N–H and O–H groups in total. The number of fused-ring (bicyclic) bond motifs is 5.